The van der Waals surface area contributed by atoms with Crippen molar-refractivity contribution >= 4 is 17.3 Å². The number of nitro benzene ring substituents is 1. The lowest BCUT2D eigenvalue weighted by atomic mass is 9.95. The maximum absolute atomic E-state index is 10.9. The van der Waals surface area contributed by atoms with Crippen LogP contribution >= 0.6 is 11.6 Å². The Hall–Kier alpha value is -1.17. The fraction of sp³-hybridized carbons (Fsp3) is 0.500. The Labute approximate surface area is 111 Å². The van der Waals surface area contributed by atoms with Crippen molar-refractivity contribution in [3.63, 3.8) is 0 Å². The third-order valence-electron chi connectivity index (χ3n) is 2.62. The molecule has 0 atom stereocenters. The highest BCUT2D eigenvalue weighted by molar-refractivity contribution is 6.31. The highest BCUT2D eigenvalue weighted by atomic mass is 35.5. The third kappa shape index (κ3) is 3.94. The molecule has 0 heterocycles. The minimum Gasteiger partial charge on any atom is -0.396 e. The third-order valence-corrected chi connectivity index (χ3v) is 2.98. The smallest absolute Gasteiger partial charge is 0.275 e. The lowest BCUT2D eigenvalue weighted by molar-refractivity contribution is -0.385. The molecule has 100 valence electrons. The van der Waals surface area contributed by atoms with Crippen LogP contribution < -0.4 is 5.32 Å². The molecule has 1 aromatic rings. The van der Waals surface area contributed by atoms with Gasteiger partial charge in [0, 0.05) is 31.2 Å². The molecule has 0 radical (unpaired) electrons. The van der Waals surface area contributed by atoms with Crippen molar-refractivity contribution in [2.75, 3.05) is 13.2 Å². The van der Waals surface area contributed by atoms with E-state index in [0.29, 0.717) is 23.7 Å². The molecular formula is C12H17ClN2O3. The zero-order valence-corrected chi connectivity index (χ0v) is 11.2. The average molecular weight is 273 g/mol. The molecule has 0 fully saturated rings. The van der Waals surface area contributed by atoms with Gasteiger partial charge >= 0.3 is 0 Å². The molecule has 0 aliphatic carbocycles. The van der Waals surface area contributed by atoms with Gasteiger partial charge in [-0.15, -0.1) is 0 Å². The van der Waals surface area contributed by atoms with Crippen LogP contribution in [-0.4, -0.2) is 23.2 Å². The molecule has 5 nitrogen and oxygen atoms in total. The van der Waals surface area contributed by atoms with Gasteiger partial charge in [-0.25, -0.2) is 0 Å². The van der Waals surface area contributed by atoms with E-state index < -0.39 is 4.92 Å². The van der Waals surface area contributed by atoms with Crippen LogP contribution in [0, 0.1) is 15.5 Å². The van der Waals surface area contributed by atoms with Crippen molar-refractivity contribution in [3.05, 3.63) is 38.9 Å². The van der Waals surface area contributed by atoms with E-state index in [1.807, 2.05) is 13.8 Å². The molecule has 1 aromatic carbocycles. The van der Waals surface area contributed by atoms with Crippen molar-refractivity contribution < 1.29 is 10.0 Å². The number of rotatable bonds is 6. The van der Waals surface area contributed by atoms with Crippen molar-refractivity contribution in [1.82, 2.24) is 5.32 Å². The van der Waals surface area contributed by atoms with Crippen molar-refractivity contribution in [2.24, 2.45) is 5.41 Å². The molecule has 2 N–H and O–H groups in total. The highest BCUT2D eigenvalue weighted by Crippen LogP contribution is 2.26. The number of aliphatic hydroxyl groups excluding tert-OH is 1. The molecule has 1 rings (SSSR count). The Morgan fingerprint density at radius 2 is 2.17 bits per heavy atom. The minimum absolute atomic E-state index is 0.0109. The molecule has 0 amide bonds. The lowest BCUT2D eigenvalue weighted by Crippen LogP contribution is -2.32. The van der Waals surface area contributed by atoms with Crippen LogP contribution in [0.3, 0.4) is 0 Å². The van der Waals surface area contributed by atoms with E-state index >= 15 is 0 Å². The summed E-state index contributed by atoms with van der Waals surface area (Å²) in [6.45, 7) is 4.71. The average Bonchev–Trinajstić information content (AvgIpc) is 2.30. The molecular weight excluding hydrogens is 256 g/mol. The van der Waals surface area contributed by atoms with Gasteiger partial charge in [-0.3, -0.25) is 10.1 Å². The van der Waals surface area contributed by atoms with Gasteiger partial charge in [-0.2, -0.15) is 0 Å². The van der Waals surface area contributed by atoms with Crippen molar-refractivity contribution in [1.29, 1.82) is 0 Å². The van der Waals surface area contributed by atoms with E-state index in [2.05, 4.69) is 5.32 Å². The van der Waals surface area contributed by atoms with E-state index in [4.69, 9.17) is 16.7 Å². The van der Waals surface area contributed by atoms with E-state index in [1.54, 1.807) is 12.1 Å². The van der Waals surface area contributed by atoms with E-state index in [9.17, 15) is 10.1 Å². The predicted molar refractivity (Wildman–Crippen MR) is 70.7 cm³/mol. The van der Waals surface area contributed by atoms with Crippen LogP contribution in [0.5, 0.6) is 0 Å². The first-order valence-corrected chi connectivity index (χ1v) is 5.98. The van der Waals surface area contributed by atoms with E-state index in [-0.39, 0.29) is 17.7 Å². The van der Waals surface area contributed by atoms with Crippen molar-refractivity contribution in [3.8, 4) is 0 Å². The molecule has 0 aliphatic heterocycles. The summed E-state index contributed by atoms with van der Waals surface area (Å²) >= 11 is 5.96. The maximum atomic E-state index is 10.9. The summed E-state index contributed by atoms with van der Waals surface area (Å²) in [7, 11) is 0. The summed E-state index contributed by atoms with van der Waals surface area (Å²) in [6, 6.07) is 4.62. The Kier molecular flexibility index (Phi) is 5.07. The molecule has 18 heavy (non-hydrogen) atoms. The Bertz CT molecular complexity index is 435. The number of aliphatic hydroxyl groups is 1. The Morgan fingerprint density at radius 1 is 1.50 bits per heavy atom. The second-order valence-electron chi connectivity index (χ2n) is 4.92. The molecule has 0 aromatic heterocycles. The number of halogens is 1. The van der Waals surface area contributed by atoms with Crippen LogP contribution in [0.4, 0.5) is 5.69 Å². The van der Waals surface area contributed by atoms with Gasteiger partial charge in [0.15, 0.2) is 0 Å². The summed E-state index contributed by atoms with van der Waals surface area (Å²) in [5, 5.41) is 23.4. The first-order valence-electron chi connectivity index (χ1n) is 5.61. The fourth-order valence-corrected chi connectivity index (χ4v) is 1.71. The van der Waals surface area contributed by atoms with Gasteiger partial charge in [-0.05, 0) is 6.07 Å². The largest absolute Gasteiger partial charge is 0.396 e. The quantitative estimate of drug-likeness (QED) is 0.616. The van der Waals surface area contributed by atoms with E-state index in [0.717, 1.165) is 0 Å². The van der Waals surface area contributed by atoms with Crippen LogP contribution in [0.25, 0.3) is 0 Å². The highest BCUT2D eigenvalue weighted by Gasteiger charge is 2.19. The topological polar surface area (TPSA) is 75.4 Å². The molecule has 0 aliphatic rings. The SMILES string of the molecule is CC(C)(CO)CNCc1c(Cl)cccc1[N+](=O)[O-]. The molecule has 6 heteroatoms. The van der Waals surface area contributed by atoms with Crippen LogP contribution in [0.15, 0.2) is 18.2 Å². The number of benzene rings is 1. The second-order valence-corrected chi connectivity index (χ2v) is 5.33. The summed E-state index contributed by atoms with van der Waals surface area (Å²) in [5.74, 6) is 0. The first kappa shape index (κ1) is 14.9. The lowest BCUT2D eigenvalue weighted by Gasteiger charge is -2.22. The summed E-state index contributed by atoms with van der Waals surface area (Å²) in [4.78, 5) is 10.4. The molecule has 0 saturated heterocycles. The Balaban J connectivity index is 2.76. The van der Waals surface area contributed by atoms with Gasteiger partial charge in [0.1, 0.15) is 0 Å². The van der Waals surface area contributed by atoms with Gasteiger partial charge in [0.25, 0.3) is 5.69 Å². The van der Waals surface area contributed by atoms with Gasteiger partial charge in [0.05, 0.1) is 15.5 Å². The molecule has 0 spiro atoms. The summed E-state index contributed by atoms with van der Waals surface area (Å²) in [6.07, 6.45) is 0. The Morgan fingerprint density at radius 3 is 2.72 bits per heavy atom. The number of hydrogen-bond donors (Lipinski definition) is 2. The van der Waals surface area contributed by atoms with Gasteiger partial charge in [0.2, 0.25) is 0 Å². The zero-order chi connectivity index (χ0) is 13.8. The monoisotopic (exact) mass is 272 g/mol. The number of nitrogens with zero attached hydrogens (tertiary/aromatic N) is 1. The number of nitrogens with one attached hydrogen (secondary N) is 1. The molecule has 0 unspecified atom stereocenters. The second kappa shape index (κ2) is 6.13. The number of nitro groups is 1. The predicted octanol–water partition coefficient (Wildman–Crippen LogP) is 2.36. The number of hydrogen-bond acceptors (Lipinski definition) is 4. The van der Waals surface area contributed by atoms with Crippen LogP contribution in [0.2, 0.25) is 5.02 Å². The fourth-order valence-electron chi connectivity index (χ4n) is 1.48. The summed E-state index contributed by atoms with van der Waals surface area (Å²) < 4.78 is 0. The normalized spacial score (nSPS) is 11.6. The van der Waals surface area contributed by atoms with Gasteiger partial charge < -0.3 is 10.4 Å². The molecule has 0 saturated carbocycles. The standard InChI is InChI=1S/C12H17ClN2O3/c1-12(2,8-16)7-14-6-9-10(13)4-3-5-11(9)15(17)18/h3-5,14,16H,6-8H2,1-2H3. The van der Waals surface area contributed by atoms with Crippen LogP contribution in [0.1, 0.15) is 19.4 Å². The first-order chi connectivity index (χ1) is 8.37. The zero-order valence-electron chi connectivity index (χ0n) is 10.4. The van der Waals surface area contributed by atoms with Crippen molar-refractivity contribution in [2.45, 2.75) is 20.4 Å². The molecule has 0 bridgehead atoms. The summed E-state index contributed by atoms with van der Waals surface area (Å²) in [5.41, 5.74) is 0.213. The van der Waals surface area contributed by atoms with E-state index in [1.165, 1.54) is 6.07 Å². The van der Waals surface area contributed by atoms with Crippen LogP contribution in [-0.2, 0) is 6.54 Å². The minimum atomic E-state index is -0.444. The maximum Gasteiger partial charge on any atom is 0.275 e. The van der Waals surface area contributed by atoms with Gasteiger partial charge in [-0.1, -0.05) is 31.5 Å².